The van der Waals surface area contributed by atoms with E-state index in [0.29, 0.717) is 41.4 Å². The number of fused-ring (bicyclic) bond motifs is 1. The van der Waals surface area contributed by atoms with Crippen molar-refractivity contribution in [2.45, 2.75) is 63.6 Å². The van der Waals surface area contributed by atoms with Gasteiger partial charge in [-0.1, -0.05) is 54.1 Å². The number of halogens is 7. The second-order valence-corrected chi connectivity index (χ2v) is 12.1. The molecule has 0 radical (unpaired) electrons. The summed E-state index contributed by atoms with van der Waals surface area (Å²) in [5, 5.41) is 3.96. The summed E-state index contributed by atoms with van der Waals surface area (Å²) in [7, 11) is 0. The van der Waals surface area contributed by atoms with Crippen molar-refractivity contribution < 1.29 is 40.6 Å². The Bertz CT molecular complexity index is 1610. The standard InChI is InChI=1S/C35H32ClF6NO3/c1-33(2)32(45-21-24-15-25(34(37,38)39)18-26(16-24)35(40,41)42)31(44-14-13-22-7-4-3-5-8-22)29-19-28(11-12-30(29)46-33)43-20-23-9-6-10-27(36)17-23/h3-12,15-19,31-32,43H,13-14,20-21H2,1-2H3. The number of benzene rings is 4. The van der Waals surface area contributed by atoms with E-state index in [4.69, 9.17) is 25.8 Å². The van der Waals surface area contributed by atoms with Crippen molar-refractivity contribution >= 4 is 17.3 Å². The number of ether oxygens (including phenoxy) is 3. The topological polar surface area (TPSA) is 39.7 Å². The summed E-state index contributed by atoms with van der Waals surface area (Å²) in [6, 6.07) is 24.0. The SMILES string of the molecule is CC1(C)Oc2ccc(NCc3cccc(Cl)c3)cc2C(OCCc2ccccc2)C1OCc1cc(C(F)(F)F)cc(C(F)(F)F)c1. The molecule has 1 aliphatic heterocycles. The molecule has 0 saturated heterocycles. The van der Waals surface area contributed by atoms with Crippen LogP contribution in [0.3, 0.4) is 0 Å². The van der Waals surface area contributed by atoms with Gasteiger partial charge in [0.1, 0.15) is 23.6 Å². The minimum absolute atomic E-state index is 0.0980. The molecule has 4 aromatic carbocycles. The van der Waals surface area contributed by atoms with Crippen LogP contribution in [0.5, 0.6) is 5.75 Å². The molecule has 11 heteroatoms. The molecule has 0 aliphatic carbocycles. The van der Waals surface area contributed by atoms with Crippen molar-refractivity contribution in [3.8, 4) is 5.75 Å². The van der Waals surface area contributed by atoms with Gasteiger partial charge in [-0.2, -0.15) is 26.3 Å². The average Bonchev–Trinajstić information content (AvgIpc) is 2.99. The molecule has 0 fully saturated rings. The first-order valence-electron chi connectivity index (χ1n) is 14.6. The Hall–Kier alpha value is -3.73. The largest absolute Gasteiger partial charge is 0.485 e. The Morgan fingerprint density at radius 1 is 0.761 bits per heavy atom. The molecular formula is C35H32ClF6NO3. The lowest BCUT2D eigenvalue weighted by atomic mass is 9.87. The minimum Gasteiger partial charge on any atom is -0.485 e. The van der Waals surface area contributed by atoms with Crippen LogP contribution >= 0.6 is 11.6 Å². The fraction of sp³-hybridized carbons (Fsp3) is 0.314. The first-order valence-corrected chi connectivity index (χ1v) is 14.9. The molecule has 244 valence electrons. The van der Waals surface area contributed by atoms with Crippen LogP contribution in [-0.2, 0) is 41.4 Å². The molecular weight excluding hydrogens is 632 g/mol. The summed E-state index contributed by atoms with van der Waals surface area (Å²) in [5.41, 5.74) is -0.782. The van der Waals surface area contributed by atoms with Crippen molar-refractivity contribution in [1.29, 1.82) is 0 Å². The van der Waals surface area contributed by atoms with Crippen molar-refractivity contribution in [2.24, 2.45) is 0 Å². The van der Waals surface area contributed by atoms with Crippen molar-refractivity contribution in [1.82, 2.24) is 0 Å². The zero-order valence-corrected chi connectivity index (χ0v) is 25.8. The number of hydrogen-bond acceptors (Lipinski definition) is 4. The summed E-state index contributed by atoms with van der Waals surface area (Å²) in [4.78, 5) is 0. The van der Waals surface area contributed by atoms with Crippen LogP contribution in [-0.4, -0.2) is 18.3 Å². The monoisotopic (exact) mass is 663 g/mol. The van der Waals surface area contributed by atoms with Gasteiger partial charge in [0.2, 0.25) is 0 Å². The molecule has 0 spiro atoms. The Morgan fingerprint density at radius 2 is 1.43 bits per heavy atom. The first-order chi connectivity index (χ1) is 21.7. The molecule has 1 N–H and O–H groups in total. The van der Waals surface area contributed by atoms with Gasteiger partial charge in [-0.15, -0.1) is 0 Å². The van der Waals surface area contributed by atoms with Crippen LogP contribution in [0.2, 0.25) is 5.02 Å². The van der Waals surface area contributed by atoms with Gasteiger partial charge in [-0.25, -0.2) is 0 Å². The molecule has 1 aliphatic rings. The van der Waals surface area contributed by atoms with Gasteiger partial charge in [0, 0.05) is 22.8 Å². The van der Waals surface area contributed by atoms with E-state index in [9.17, 15) is 26.3 Å². The summed E-state index contributed by atoms with van der Waals surface area (Å²) < 4.78 is 100. The van der Waals surface area contributed by atoms with E-state index in [1.807, 2.05) is 60.7 Å². The second-order valence-electron chi connectivity index (χ2n) is 11.6. The Balaban J connectivity index is 1.44. The zero-order chi connectivity index (χ0) is 33.1. The molecule has 0 saturated carbocycles. The molecule has 1 heterocycles. The lowest BCUT2D eigenvalue weighted by Gasteiger charge is -2.44. The van der Waals surface area contributed by atoms with E-state index >= 15 is 0 Å². The van der Waals surface area contributed by atoms with E-state index in [1.165, 1.54) is 0 Å². The van der Waals surface area contributed by atoms with Crippen LogP contribution < -0.4 is 10.1 Å². The predicted octanol–water partition coefficient (Wildman–Crippen LogP) is 10.0. The lowest BCUT2D eigenvalue weighted by Crippen LogP contribution is -2.51. The highest BCUT2D eigenvalue weighted by Crippen LogP contribution is 2.45. The lowest BCUT2D eigenvalue weighted by molar-refractivity contribution is -0.167. The Labute approximate surface area is 268 Å². The molecule has 0 aromatic heterocycles. The van der Waals surface area contributed by atoms with Gasteiger partial charge < -0.3 is 19.5 Å². The first kappa shape index (κ1) is 33.6. The van der Waals surface area contributed by atoms with Gasteiger partial charge in [0.15, 0.2) is 0 Å². The predicted molar refractivity (Wildman–Crippen MR) is 164 cm³/mol. The molecule has 4 nitrogen and oxygen atoms in total. The maximum atomic E-state index is 13.5. The molecule has 46 heavy (non-hydrogen) atoms. The molecule has 2 atom stereocenters. The quantitative estimate of drug-likeness (QED) is 0.172. The van der Waals surface area contributed by atoms with Crippen molar-refractivity contribution in [3.63, 3.8) is 0 Å². The summed E-state index contributed by atoms with van der Waals surface area (Å²) in [5.74, 6) is 0.529. The highest BCUT2D eigenvalue weighted by molar-refractivity contribution is 6.30. The van der Waals surface area contributed by atoms with Crippen LogP contribution in [0.1, 0.15) is 53.3 Å². The Morgan fingerprint density at radius 3 is 2.09 bits per heavy atom. The number of rotatable bonds is 10. The van der Waals surface area contributed by atoms with Crippen LogP contribution in [0.4, 0.5) is 32.0 Å². The van der Waals surface area contributed by atoms with Crippen LogP contribution in [0.25, 0.3) is 0 Å². The van der Waals surface area contributed by atoms with E-state index in [0.717, 1.165) is 16.8 Å². The summed E-state index contributed by atoms with van der Waals surface area (Å²) in [6.07, 6.45) is -11.0. The van der Waals surface area contributed by atoms with Gasteiger partial charge in [0.05, 0.1) is 24.3 Å². The smallest absolute Gasteiger partial charge is 0.416 e. The summed E-state index contributed by atoms with van der Waals surface area (Å²) in [6.45, 7) is 3.69. The van der Waals surface area contributed by atoms with Gasteiger partial charge in [0.25, 0.3) is 0 Å². The molecule has 4 aromatic rings. The van der Waals surface area contributed by atoms with E-state index in [1.54, 1.807) is 26.0 Å². The average molecular weight is 664 g/mol. The fourth-order valence-electron chi connectivity index (χ4n) is 5.40. The number of hydrogen-bond donors (Lipinski definition) is 1. The number of nitrogens with one attached hydrogen (secondary N) is 1. The van der Waals surface area contributed by atoms with E-state index in [2.05, 4.69) is 5.32 Å². The van der Waals surface area contributed by atoms with Gasteiger partial charge >= 0.3 is 12.4 Å². The fourth-order valence-corrected chi connectivity index (χ4v) is 5.61. The third kappa shape index (κ3) is 8.34. The maximum absolute atomic E-state index is 13.5. The van der Waals surface area contributed by atoms with Gasteiger partial charge in [-0.05, 0) is 85.5 Å². The molecule has 0 bridgehead atoms. The molecule has 2 unspecified atom stereocenters. The van der Waals surface area contributed by atoms with Gasteiger partial charge in [-0.3, -0.25) is 0 Å². The van der Waals surface area contributed by atoms with E-state index < -0.39 is 47.9 Å². The van der Waals surface area contributed by atoms with Crippen LogP contribution in [0, 0.1) is 0 Å². The van der Waals surface area contributed by atoms with Crippen LogP contribution in [0.15, 0.2) is 91.0 Å². The highest BCUT2D eigenvalue weighted by atomic mass is 35.5. The number of alkyl halides is 6. The van der Waals surface area contributed by atoms with E-state index in [-0.39, 0.29) is 18.2 Å². The molecule has 5 rings (SSSR count). The highest BCUT2D eigenvalue weighted by Gasteiger charge is 2.46. The Kier molecular flexibility index (Phi) is 9.91. The maximum Gasteiger partial charge on any atom is 0.416 e. The van der Waals surface area contributed by atoms with Crippen molar-refractivity contribution in [2.75, 3.05) is 11.9 Å². The third-order valence-electron chi connectivity index (χ3n) is 7.64. The second kappa shape index (κ2) is 13.6. The third-order valence-corrected chi connectivity index (χ3v) is 7.88. The minimum atomic E-state index is -4.97. The molecule has 0 amide bonds. The summed E-state index contributed by atoms with van der Waals surface area (Å²) >= 11 is 6.13. The number of anilines is 1. The normalized spacial score (nSPS) is 17.7. The zero-order valence-electron chi connectivity index (χ0n) is 25.0. The van der Waals surface area contributed by atoms with Crippen molar-refractivity contribution in [3.05, 3.63) is 129 Å².